The zero-order valence-electron chi connectivity index (χ0n) is 23.3. The Balaban J connectivity index is 1.87. The maximum absolute atomic E-state index is 13.8. The molecule has 0 aromatic carbocycles. The predicted octanol–water partition coefficient (Wildman–Crippen LogP) is 1.71. The monoisotopic (exact) mass is 538 g/mol. The summed E-state index contributed by atoms with van der Waals surface area (Å²) in [7, 11) is 1.26. The second-order valence-electron chi connectivity index (χ2n) is 11.9. The first kappa shape index (κ1) is 29.5. The number of alkyl carbamates (subject to hydrolysis) is 2. The number of carbonyl (C=O) groups is 5. The van der Waals surface area contributed by atoms with Crippen LogP contribution in [0.1, 0.15) is 66.7 Å². The molecule has 0 radical (unpaired) electrons. The second-order valence-corrected chi connectivity index (χ2v) is 11.9. The number of piperidine rings is 1. The van der Waals surface area contributed by atoms with Gasteiger partial charge in [0.15, 0.2) is 0 Å². The van der Waals surface area contributed by atoms with Gasteiger partial charge in [0.25, 0.3) is 0 Å². The lowest BCUT2D eigenvalue weighted by molar-refractivity contribution is -0.147. The van der Waals surface area contributed by atoms with Crippen LogP contribution in [-0.4, -0.2) is 85.4 Å². The largest absolute Gasteiger partial charge is 0.467 e. The molecule has 12 nitrogen and oxygen atoms in total. The molecular formula is C26H42N4O8. The average molecular weight is 539 g/mol. The zero-order valence-corrected chi connectivity index (χ0v) is 23.3. The number of hydrogen-bond donors (Lipinski definition) is 3. The van der Waals surface area contributed by atoms with Gasteiger partial charge >= 0.3 is 18.2 Å². The van der Waals surface area contributed by atoms with Crippen molar-refractivity contribution in [2.45, 2.75) is 90.4 Å². The molecule has 2 saturated heterocycles. The summed E-state index contributed by atoms with van der Waals surface area (Å²) in [6.45, 7) is 10.0. The lowest BCUT2D eigenvalue weighted by Crippen LogP contribution is -2.57. The first-order valence-electron chi connectivity index (χ1n) is 13.3. The van der Waals surface area contributed by atoms with E-state index in [4.69, 9.17) is 14.2 Å². The van der Waals surface area contributed by atoms with Crippen LogP contribution in [0.5, 0.6) is 0 Å². The molecule has 0 aromatic heterocycles. The molecule has 0 aromatic rings. The van der Waals surface area contributed by atoms with Crippen LogP contribution in [-0.2, 0) is 28.6 Å². The Kier molecular flexibility index (Phi) is 9.14. The van der Waals surface area contributed by atoms with E-state index in [1.54, 1.807) is 20.8 Å². The van der Waals surface area contributed by atoms with Crippen LogP contribution in [0.3, 0.4) is 0 Å². The van der Waals surface area contributed by atoms with Gasteiger partial charge in [0.05, 0.1) is 13.7 Å². The number of hydrogen-bond acceptors (Lipinski definition) is 8. The summed E-state index contributed by atoms with van der Waals surface area (Å²) in [6.07, 6.45) is 0.594. The summed E-state index contributed by atoms with van der Waals surface area (Å²) >= 11 is 0. The van der Waals surface area contributed by atoms with Crippen LogP contribution in [0, 0.1) is 17.3 Å². The summed E-state index contributed by atoms with van der Waals surface area (Å²) < 4.78 is 15.5. The van der Waals surface area contributed by atoms with E-state index < -0.39 is 53.7 Å². The van der Waals surface area contributed by atoms with E-state index in [1.165, 1.54) is 12.0 Å². The van der Waals surface area contributed by atoms with Gasteiger partial charge in [-0.25, -0.2) is 14.4 Å². The van der Waals surface area contributed by atoms with Crippen molar-refractivity contribution in [2.75, 3.05) is 26.8 Å². The van der Waals surface area contributed by atoms with Crippen molar-refractivity contribution in [1.82, 2.24) is 20.9 Å². The summed E-state index contributed by atoms with van der Waals surface area (Å²) in [6, 6.07) is -2.66. The molecule has 3 rings (SSSR count). The van der Waals surface area contributed by atoms with Gasteiger partial charge in [0.2, 0.25) is 11.8 Å². The third kappa shape index (κ3) is 7.08. The fourth-order valence-electron chi connectivity index (χ4n) is 5.54. The molecule has 1 saturated carbocycles. The van der Waals surface area contributed by atoms with Gasteiger partial charge in [0.1, 0.15) is 23.7 Å². The molecule has 1 aliphatic carbocycles. The van der Waals surface area contributed by atoms with E-state index in [2.05, 4.69) is 29.8 Å². The maximum atomic E-state index is 13.8. The highest BCUT2D eigenvalue weighted by Crippen LogP contribution is 2.64. The highest BCUT2D eigenvalue weighted by Gasteiger charge is 2.69. The normalized spacial score (nSPS) is 30.4. The Bertz CT molecular complexity index is 931. The minimum Gasteiger partial charge on any atom is -0.467 e. The van der Waals surface area contributed by atoms with E-state index in [1.807, 2.05) is 0 Å². The molecule has 0 unspecified atom stereocenters. The van der Waals surface area contributed by atoms with Gasteiger partial charge in [-0.15, -0.1) is 0 Å². The van der Waals surface area contributed by atoms with Crippen molar-refractivity contribution < 1.29 is 38.2 Å². The molecule has 38 heavy (non-hydrogen) atoms. The second kappa shape index (κ2) is 11.8. The quantitative estimate of drug-likeness (QED) is 0.355. The minimum absolute atomic E-state index is 0.0538. The van der Waals surface area contributed by atoms with Gasteiger partial charge in [-0.3, -0.25) is 9.59 Å². The Morgan fingerprint density at radius 3 is 2.47 bits per heavy atom. The molecule has 0 spiro atoms. The van der Waals surface area contributed by atoms with Crippen molar-refractivity contribution >= 4 is 30.0 Å². The van der Waals surface area contributed by atoms with Gasteiger partial charge in [-0.1, -0.05) is 13.8 Å². The molecule has 0 bridgehead atoms. The zero-order chi connectivity index (χ0) is 28.3. The lowest BCUT2D eigenvalue weighted by atomic mass is 9.98. The molecule has 4 amide bonds. The number of carbonyl (C=O) groups excluding carboxylic acids is 5. The molecule has 2 aliphatic heterocycles. The van der Waals surface area contributed by atoms with Crippen LogP contribution in [0.25, 0.3) is 0 Å². The predicted molar refractivity (Wildman–Crippen MR) is 136 cm³/mol. The highest BCUT2D eigenvalue weighted by atomic mass is 16.6. The topological polar surface area (TPSA) is 152 Å². The molecule has 12 heteroatoms. The van der Waals surface area contributed by atoms with Gasteiger partial charge in [-0.05, 0) is 70.1 Å². The fourth-order valence-corrected chi connectivity index (χ4v) is 5.54. The Hall–Kier alpha value is -3.05. The van der Waals surface area contributed by atoms with Crippen molar-refractivity contribution in [1.29, 1.82) is 0 Å². The van der Waals surface area contributed by atoms with Crippen LogP contribution >= 0.6 is 0 Å². The summed E-state index contributed by atoms with van der Waals surface area (Å²) in [5, 5.41) is 8.11. The van der Waals surface area contributed by atoms with E-state index in [-0.39, 0.29) is 30.3 Å². The smallest absolute Gasteiger partial charge is 0.408 e. The number of esters is 1. The van der Waals surface area contributed by atoms with Crippen LogP contribution in [0.4, 0.5) is 9.59 Å². The molecule has 5 atom stereocenters. The standard InChI is InChI=1S/C26H42N4O8/c1-25(2,3)38-24(35)29-16-11-9-13-37-23(34)27-12-8-7-10-17(22(33)36-6)28-20(31)19-18-15(26(18,4)5)14-30(19)21(16)32/h15-19H,7-14H2,1-6H3,(H,27,34)(H,28,31)(H,29,35)/t15-,16-,17-,18-,19-/m0/s1. The van der Waals surface area contributed by atoms with Crippen molar-refractivity contribution in [3.05, 3.63) is 0 Å². The summed E-state index contributed by atoms with van der Waals surface area (Å²) in [5.41, 5.74) is -0.901. The van der Waals surface area contributed by atoms with E-state index >= 15 is 0 Å². The maximum Gasteiger partial charge on any atom is 0.408 e. The Morgan fingerprint density at radius 2 is 1.82 bits per heavy atom. The molecular weight excluding hydrogens is 496 g/mol. The Morgan fingerprint density at radius 1 is 1.11 bits per heavy atom. The number of ether oxygens (including phenoxy) is 3. The number of amides is 4. The van der Waals surface area contributed by atoms with Crippen molar-refractivity contribution in [2.24, 2.45) is 17.3 Å². The number of fused-ring (bicyclic) bond motifs is 3. The van der Waals surface area contributed by atoms with Crippen LogP contribution < -0.4 is 16.0 Å². The minimum atomic E-state index is -0.987. The average Bonchev–Trinajstić information content (AvgIpc) is 3.16. The SMILES string of the molecule is COC(=O)[C@@H]1CCCCNC(=O)OCCC[C@H](NC(=O)OC(C)(C)C)C(=O)N2C[C@H]3[C@@H]([C@H]2C(=O)N1)C3(C)C. The number of cyclic esters (lactones) is 1. The lowest BCUT2D eigenvalue weighted by Gasteiger charge is -2.34. The number of nitrogens with zero attached hydrogens (tertiary/aromatic N) is 1. The van der Waals surface area contributed by atoms with Gasteiger partial charge in [0, 0.05) is 13.1 Å². The van der Waals surface area contributed by atoms with Gasteiger partial charge in [-0.2, -0.15) is 0 Å². The molecule has 3 aliphatic rings. The third-order valence-electron chi connectivity index (χ3n) is 7.61. The van der Waals surface area contributed by atoms with E-state index in [9.17, 15) is 24.0 Å². The number of methoxy groups -OCH3 is 1. The summed E-state index contributed by atoms with van der Waals surface area (Å²) in [4.78, 5) is 65.9. The van der Waals surface area contributed by atoms with E-state index in [0.717, 1.165) is 0 Å². The third-order valence-corrected chi connectivity index (χ3v) is 7.61. The highest BCUT2D eigenvalue weighted by molar-refractivity contribution is 5.94. The van der Waals surface area contributed by atoms with Gasteiger partial charge < -0.3 is 35.1 Å². The first-order chi connectivity index (χ1) is 17.8. The Labute approximate surface area is 223 Å². The number of rotatable bonds is 2. The first-order valence-corrected chi connectivity index (χ1v) is 13.3. The molecule has 214 valence electrons. The van der Waals surface area contributed by atoms with Crippen molar-refractivity contribution in [3.63, 3.8) is 0 Å². The van der Waals surface area contributed by atoms with E-state index in [0.29, 0.717) is 38.8 Å². The fraction of sp³-hybridized carbons (Fsp3) is 0.808. The molecule has 3 fully saturated rings. The van der Waals surface area contributed by atoms with Crippen LogP contribution in [0.15, 0.2) is 0 Å². The molecule has 2 heterocycles. The summed E-state index contributed by atoms with van der Waals surface area (Å²) in [5.74, 6) is -1.35. The van der Waals surface area contributed by atoms with Crippen LogP contribution in [0.2, 0.25) is 0 Å². The molecule has 3 N–H and O–H groups in total. The van der Waals surface area contributed by atoms with Crippen molar-refractivity contribution in [3.8, 4) is 0 Å². The number of nitrogens with one attached hydrogen (secondary N) is 3.